The van der Waals surface area contributed by atoms with Crippen molar-refractivity contribution in [2.45, 2.75) is 51.2 Å². The Morgan fingerprint density at radius 2 is 1.89 bits per heavy atom. The SMILES string of the molecule is C[C@@H]1CN(Cc2cccc(C3CC3)c2O)C[C@H](C)N1. The number of benzene rings is 1. The van der Waals surface area contributed by atoms with Crippen LogP contribution in [0.5, 0.6) is 5.75 Å². The van der Waals surface area contributed by atoms with Gasteiger partial charge in [0.05, 0.1) is 0 Å². The molecule has 2 aliphatic rings. The zero-order valence-electron chi connectivity index (χ0n) is 11.9. The van der Waals surface area contributed by atoms with Gasteiger partial charge in [0.15, 0.2) is 0 Å². The van der Waals surface area contributed by atoms with E-state index in [2.05, 4.69) is 42.3 Å². The van der Waals surface area contributed by atoms with Crippen LogP contribution in [0.4, 0.5) is 0 Å². The molecule has 1 heterocycles. The molecule has 2 N–H and O–H groups in total. The van der Waals surface area contributed by atoms with Crippen LogP contribution in [0.15, 0.2) is 18.2 Å². The molecule has 0 radical (unpaired) electrons. The van der Waals surface area contributed by atoms with Gasteiger partial charge in [-0.25, -0.2) is 0 Å². The zero-order chi connectivity index (χ0) is 13.4. The van der Waals surface area contributed by atoms with Gasteiger partial charge < -0.3 is 10.4 Å². The summed E-state index contributed by atoms with van der Waals surface area (Å²) in [5.41, 5.74) is 2.25. The molecule has 3 nitrogen and oxygen atoms in total. The largest absolute Gasteiger partial charge is 0.507 e. The molecule has 1 saturated heterocycles. The van der Waals surface area contributed by atoms with Gasteiger partial charge in [0.2, 0.25) is 0 Å². The fraction of sp³-hybridized carbons (Fsp3) is 0.625. The third-order valence-corrected chi connectivity index (χ3v) is 4.20. The minimum Gasteiger partial charge on any atom is -0.507 e. The Morgan fingerprint density at radius 1 is 1.21 bits per heavy atom. The highest BCUT2D eigenvalue weighted by atomic mass is 16.3. The number of nitrogens with one attached hydrogen (secondary N) is 1. The molecule has 3 heteroatoms. The van der Waals surface area contributed by atoms with Gasteiger partial charge in [-0.15, -0.1) is 0 Å². The standard InChI is InChI=1S/C16H24N2O/c1-11-8-18(9-12(2)17-11)10-14-4-3-5-15(16(14)19)13-6-7-13/h3-5,11-13,17,19H,6-10H2,1-2H3/t11-,12+. The average molecular weight is 260 g/mol. The normalized spacial score (nSPS) is 28.5. The Kier molecular flexibility index (Phi) is 3.50. The van der Waals surface area contributed by atoms with Gasteiger partial charge in [0.1, 0.15) is 5.75 Å². The summed E-state index contributed by atoms with van der Waals surface area (Å²) in [5, 5.41) is 14.0. The number of hydrogen-bond donors (Lipinski definition) is 2. The number of hydrogen-bond acceptors (Lipinski definition) is 3. The van der Waals surface area contributed by atoms with Crippen molar-refractivity contribution < 1.29 is 5.11 Å². The Balaban J connectivity index is 1.74. The monoisotopic (exact) mass is 260 g/mol. The molecule has 2 fully saturated rings. The summed E-state index contributed by atoms with van der Waals surface area (Å²) in [6, 6.07) is 7.30. The zero-order valence-corrected chi connectivity index (χ0v) is 11.9. The first-order chi connectivity index (χ1) is 9.13. The molecule has 1 aliphatic carbocycles. The maximum atomic E-state index is 10.4. The fourth-order valence-electron chi connectivity index (χ4n) is 3.27. The third kappa shape index (κ3) is 2.93. The Hall–Kier alpha value is -1.06. The van der Waals surface area contributed by atoms with Crippen molar-refractivity contribution in [3.8, 4) is 5.75 Å². The van der Waals surface area contributed by atoms with E-state index in [-0.39, 0.29) is 0 Å². The molecule has 104 valence electrons. The van der Waals surface area contributed by atoms with Crippen molar-refractivity contribution in [3.05, 3.63) is 29.3 Å². The number of phenolic OH excluding ortho intramolecular Hbond substituents is 1. The summed E-state index contributed by atoms with van der Waals surface area (Å²) in [7, 11) is 0. The van der Waals surface area contributed by atoms with E-state index in [0.29, 0.717) is 23.8 Å². The molecule has 0 bridgehead atoms. The summed E-state index contributed by atoms with van der Waals surface area (Å²) >= 11 is 0. The molecule has 0 amide bonds. The number of para-hydroxylation sites is 1. The minimum atomic E-state index is 0.525. The van der Waals surface area contributed by atoms with Crippen molar-refractivity contribution in [2.75, 3.05) is 13.1 Å². The Morgan fingerprint density at radius 3 is 2.53 bits per heavy atom. The highest BCUT2D eigenvalue weighted by molar-refractivity contribution is 5.44. The van der Waals surface area contributed by atoms with Crippen LogP contribution in [0.3, 0.4) is 0 Å². The molecule has 3 rings (SSSR count). The van der Waals surface area contributed by atoms with Gasteiger partial charge in [-0.1, -0.05) is 18.2 Å². The van der Waals surface area contributed by atoms with Crippen LogP contribution in [0.25, 0.3) is 0 Å². The average Bonchev–Trinajstić information content (AvgIpc) is 3.14. The van der Waals surface area contributed by atoms with Gasteiger partial charge in [0, 0.05) is 37.3 Å². The van der Waals surface area contributed by atoms with Crippen molar-refractivity contribution in [1.82, 2.24) is 10.2 Å². The van der Waals surface area contributed by atoms with Crippen molar-refractivity contribution >= 4 is 0 Å². The second kappa shape index (κ2) is 5.14. The molecule has 0 spiro atoms. The topological polar surface area (TPSA) is 35.5 Å². The smallest absolute Gasteiger partial charge is 0.123 e. The predicted octanol–water partition coefficient (Wildman–Crippen LogP) is 2.45. The number of piperazine rings is 1. The maximum absolute atomic E-state index is 10.4. The Bertz CT molecular complexity index is 446. The van der Waals surface area contributed by atoms with Crippen LogP contribution in [0.1, 0.15) is 43.7 Å². The first-order valence-corrected chi connectivity index (χ1v) is 7.42. The second-order valence-electron chi connectivity index (χ2n) is 6.29. The van der Waals surface area contributed by atoms with E-state index in [4.69, 9.17) is 0 Å². The lowest BCUT2D eigenvalue weighted by molar-refractivity contribution is 0.165. The molecule has 2 atom stereocenters. The predicted molar refractivity (Wildman–Crippen MR) is 77.4 cm³/mol. The van der Waals surface area contributed by atoms with Gasteiger partial charge in [0.25, 0.3) is 0 Å². The lowest BCUT2D eigenvalue weighted by Crippen LogP contribution is -2.53. The first kappa shape index (κ1) is 12.9. The molecular weight excluding hydrogens is 236 g/mol. The minimum absolute atomic E-state index is 0.525. The van der Waals surface area contributed by atoms with Crippen molar-refractivity contribution in [2.24, 2.45) is 0 Å². The Labute approximate surface area is 115 Å². The van der Waals surface area contributed by atoms with E-state index < -0.39 is 0 Å². The van der Waals surface area contributed by atoms with Crippen LogP contribution in [0, 0.1) is 0 Å². The van der Waals surface area contributed by atoms with Crippen LogP contribution < -0.4 is 5.32 Å². The highest BCUT2D eigenvalue weighted by Gasteiger charge is 2.28. The van der Waals surface area contributed by atoms with Crippen LogP contribution >= 0.6 is 0 Å². The van der Waals surface area contributed by atoms with Crippen molar-refractivity contribution in [1.29, 1.82) is 0 Å². The summed E-state index contributed by atoms with van der Waals surface area (Å²) < 4.78 is 0. The number of phenols is 1. The van der Waals surface area contributed by atoms with Crippen LogP contribution in [-0.2, 0) is 6.54 Å². The lowest BCUT2D eigenvalue weighted by Gasteiger charge is -2.36. The van der Waals surface area contributed by atoms with E-state index in [1.807, 2.05) is 0 Å². The van der Waals surface area contributed by atoms with E-state index in [9.17, 15) is 5.11 Å². The number of rotatable bonds is 3. The van der Waals surface area contributed by atoms with Gasteiger partial charge in [-0.2, -0.15) is 0 Å². The molecular formula is C16H24N2O. The fourth-order valence-corrected chi connectivity index (χ4v) is 3.27. The molecule has 1 aromatic carbocycles. The first-order valence-electron chi connectivity index (χ1n) is 7.42. The molecule has 19 heavy (non-hydrogen) atoms. The third-order valence-electron chi connectivity index (χ3n) is 4.20. The second-order valence-corrected chi connectivity index (χ2v) is 6.29. The highest BCUT2D eigenvalue weighted by Crippen LogP contribution is 2.45. The molecule has 0 aromatic heterocycles. The van der Waals surface area contributed by atoms with Crippen molar-refractivity contribution in [3.63, 3.8) is 0 Å². The lowest BCUT2D eigenvalue weighted by atomic mass is 10.0. The summed E-state index contributed by atoms with van der Waals surface area (Å²) in [4.78, 5) is 2.44. The van der Waals surface area contributed by atoms with E-state index in [1.165, 1.54) is 12.8 Å². The van der Waals surface area contributed by atoms with E-state index >= 15 is 0 Å². The van der Waals surface area contributed by atoms with Gasteiger partial charge in [-0.3, -0.25) is 4.90 Å². The molecule has 1 saturated carbocycles. The molecule has 0 unspecified atom stereocenters. The quantitative estimate of drug-likeness (QED) is 0.876. The van der Waals surface area contributed by atoms with Gasteiger partial charge >= 0.3 is 0 Å². The van der Waals surface area contributed by atoms with E-state index in [0.717, 1.165) is 30.8 Å². The maximum Gasteiger partial charge on any atom is 0.123 e. The van der Waals surface area contributed by atoms with Gasteiger partial charge in [-0.05, 0) is 38.2 Å². The van der Waals surface area contributed by atoms with Crippen LogP contribution in [0.2, 0.25) is 0 Å². The van der Waals surface area contributed by atoms with E-state index in [1.54, 1.807) is 0 Å². The summed E-state index contributed by atoms with van der Waals surface area (Å²) in [6.07, 6.45) is 2.47. The van der Waals surface area contributed by atoms with Crippen LogP contribution in [-0.4, -0.2) is 35.2 Å². The molecule has 1 aromatic rings. The summed E-state index contributed by atoms with van der Waals surface area (Å²) in [5.74, 6) is 1.16. The number of aromatic hydroxyl groups is 1. The number of nitrogens with zero attached hydrogens (tertiary/aromatic N) is 1. The summed E-state index contributed by atoms with van der Waals surface area (Å²) in [6.45, 7) is 7.42. The molecule has 1 aliphatic heterocycles.